The van der Waals surface area contributed by atoms with Crippen LogP contribution in [0.5, 0.6) is 5.75 Å². The molecular weight excluding hydrogens is 350 g/mol. The Kier molecular flexibility index (Phi) is 4.40. The van der Waals surface area contributed by atoms with Crippen molar-refractivity contribution in [3.8, 4) is 5.75 Å². The molecule has 0 bridgehead atoms. The zero-order chi connectivity index (χ0) is 18.5. The van der Waals surface area contributed by atoms with Gasteiger partial charge in [0.25, 0.3) is 0 Å². The van der Waals surface area contributed by atoms with Gasteiger partial charge in [-0.3, -0.25) is 0 Å². The van der Waals surface area contributed by atoms with Crippen LogP contribution in [-0.4, -0.2) is 22.1 Å². The van der Waals surface area contributed by atoms with Crippen LogP contribution in [0.2, 0.25) is 0 Å². The van der Waals surface area contributed by atoms with E-state index in [1.54, 1.807) is 13.2 Å². The van der Waals surface area contributed by atoms with E-state index in [0.29, 0.717) is 23.5 Å². The third-order valence-corrected chi connectivity index (χ3v) is 7.38. The summed E-state index contributed by atoms with van der Waals surface area (Å²) in [6, 6.07) is 5.64. The van der Waals surface area contributed by atoms with E-state index in [0.717, 1.165) is 25.9 Å². The zero-order valence-corrected chi connectivity index (χ0v) is 16.2. The second kappa shape index (κ2) is 6.36. The monoisotopic (exact) mass is 377 g/mol. The van der Waals surface area contributed by atoms with Gasteiger partial charge < -0.3 is 8.92 Å². The molecule has 0 heterocycles. The number of allylic oxidation sites excluding steroid dienone is 1. The van der Waals surface area contributed by atoms with E-state index >= 15 is 0 Å². The SMILES string of the molecule is COCC1=CCC2C3CCc4cc(OS(N)(=O)=O)ccc4C3CC[C@]12C. The topological polar surface area (TPSA) is 78.6 Å². The van der Waals surface area contributed by atoms with Crippen molar-refractivity contribution in [2.45, 2.75) is 44.9 Å². The van der Waals surface area contributed by atoms with Crippen LogP contribution in [0.25, 0.3) is 0 Å². The fourth-order valence-electron chi connectivity index (χ4n) is 5.78. The van der Waals surface area contributed by atoms with Crippen LogP contribution >= 0.6 is 0 Å². The average molecular weight is 378 g/mol. The second-order valence-corrected chi connectivity index (χ2v) is 9.36. The van der Waals surface area contributed by atoms with Gasteiger partial charge in [0.2, 0.25) is 0 Å². The third kappa shape index (κ3) is 2.98. The van der Waals surface area contributed by atoms with Gasteiger partial charge in [0.15, 0.2) is 0 Å². The maximum Gasteiger partial charge on any atom is 0.380 e. The van der Waals surface area contributed by atoms with Gasteiger partial charge in [0, 0.05) is 7.11 Å². The summed E-state index contributed by atoms with van der Waals surface area (Å²) in [6.07, 6.45) is 8.02. The number of hydrogen-bond acceptors (Lipinski definition) is 4. The van der Waals surface area contributed by atoms with Gasteiger partial charge in [0.05, 0.1) is 6.61 Å². The lowest BCUT2D eigenvalue weighted by molar-refractivity contribution is 0.0639. The maximum absolute atomic E-state index is 11.2. The van der Waals surface area contributed by atoms with Crippen LogP contribution in [0.1, 0.15) is 49.7 Å². The van der Waals surface area contributed by atoms with Crippen LogP contribution in [0.4, 0.5) is 0 Å². The summed E-state index contributed by atoms with van der Waals surface area (Å²) in [5, 5.41) is 4.99. The Hall–Kier alpha value is -1.37. The summed E-state index contributed by atoms with van der Waals surface area (Å²) in [7, 11) is -2.20. The lowest BCUT2D eigenvalue weighted by Crippen LogP contribution is -2.41. The molecule has 4 rings (SSSR count). The van der Waals surface area contributed by atoms with Crippen LogP contribution in [-0.2, 0) is 21.5 Å². The Morgan fingerprint density at radius 3 is 2.85 bits per heavy atom. The largest absolute Gasteiger partial charge is 0.380 e. The zero-order valence-electron chi connectivity index (χ0n) is 15.4. The smallest absolute Gasteiger partial charge is 0.380 e. The number of ether oxygens (including phenoxy) is 1. The van der Waals surface area contributed by atoms with Gasteiger partial charge in [-0.05, 0) is 84.1 Å². The predicted octanol–water partition coefficient (Wildman–Crippen LogP) is 3.31. The van der Waals surface area contributed by atoms with Crippen molar-refractivity contribution in [3.05, 3.63) is 41.0 Å². The molecule has 0 radical (unpaired) electrons. The van der Waals surface area contributed by atoms with E-state index in [2.05, 4.69) is 13.0 Å². The van der Waals surface area contributed by atoms with Crippen molar-refractivity contribution in [1.82, 2.24) is 0 Å². The molecule has 1 saturated carbocycles. The van der Waals surface area contributed by atoms with Crippen molar-refractivity contribution in [2.24, 2.45) is 22.4 Å². The highest BCUT2D eigenvalue weighted by Crippen LogP contribution is 2.61. The van der Waals surface area contributed by atoms with Crippen molar-refractivity contribution in [3.63, 3.8) is 0 Å². The Balaban J connectivity index is 1.60. The summed E-state index contributed by atoms with van der Waals surface area (Å²) in [5.41, 5.74) is 4.32. The van der Waals surface area contributed by atoms with Gasteiger partial charge in [-0.2, -0.15) is 13.6 Å². The minimum absolute atomic E-state index is 0.269. The summed E-state index contributed by atoms with van der Waals surface area (Å²) in [6.45, 7) is 3.17. The molecule has 142 valence electrons. The number of benzene rings is 1. The Bertz CT molecular complexity index is 847. The summed E-state index contributed by atoms with van der Waals surface area (Å²) < 4.78 is 32.7. The molecule has 0 spiro atoms. The Labute approximate surface area is 155 Å². The fourth-order valence-corrected chi connectivity index (χ4v) is 6.15. The average Bonchev–Trinajstić information content (AvgIpc) is 2.90. The second-order valence-electron chi connectivity index (χ2n) is 8.21. The van der Waals surface area contributed by atoms with Crippen molar-refractivity contribution < 1.29 is 17.3 Å². The first-order valence-electron chi connectivity index (χ1n) is 9.35. The number of rotatable bonds is 4. The maximum atomic E-state index is 11.2. The number of methoxy groups -OCH3 is 1. The molecule has 0 aliphatic heterocycles. The highest BCUT2D eigenvalue weighted by Gasteiger charge is 2.51. The molecule has 0 saturated heterocycles. The molecular formula is C20H27NO4S. The van der Waals surface area contributed by atoms with Crippen molar-refractivity contribution >= 4 is 10.3 Å². The molecule has 3 aliphatic rings. The minimum atomic E-state index is -3.98. The van der Waals surface area contributed by atoms with Gasteiger partial charge >= 0.3 is 10.3 Å². The quantitative estimate of drug-likeness (QED) is 0.817. The normalized spacial score (nSPS) is 33.0. The van der Waals surface area contributed by atoms with Crippen LogP contribution in [0.15, 0.2) is 29.8 Å². The lowest BCUT2D eigenvalue weighted by atomic mass is 9.54. The van der Waals surface area contributed by atoms with E-state index in [1.807, 2.05) is 12.1 Å². The molecule has 3 unspecified atom stereocenters. The minimum Gasteiger partial charge on any atom is -0.380 e. The van der Waals surface area contributed by atoms with Gasteiger partial charge in [0.1, 0.15) is 5.75 Å². The van der Waals surface area contributed by atoms with E-state index in [1.165, 1.54) is 29.5 Å². The summed E-state index contributed by atoms with van der Waals surface area (Å²) >= 11 is 0. The first-order valence-corrected chi connectivity index (χ1v) is 10.8. The molecule has 1 aromatic rings. The molecule has 3 aliphatic carbocycles. The first kappa shape index (κ1) is 18.0. The van der Waals surface area contributed by atoms with Gasteiger partial charge in [-0.1, -0.05) is 19.1 Å². The first-order chi connectivity index (χ1) is 12.3. The Morgan fingerprint density at radius 2 is 2.12 bits per heavy atom. The van der Waals surface area contributed by atoms with Crippen molar-refractivity contribution in [2.75, 3.05) is 13.7 Å². The molecule has 26 heavy (non-hydrogen) atoms. The number of hydrogen-bond donors (Lipinski definition) is 1. The summed E-state index contributed by atoms with van der Waals surface area (Å²) in [5.74, 6) is 2.22. The van der Waals surface area contributed by atoms with Crippen LogP contribution < -0.4 is 9.32 Å². The van der Waals surface area contributed by atoms with Crippen LogP contribution in [0, 0.1) is 17.3 Å². The number of fused-ring (bicyclic) bond motifs is 5. The molecule has 4 atom stereocenters. The Morgan fingerprint density at radius 1 is 1.31 bits per heavy atom. The highest BCUT2D eigenvalue weighted by atomic mass is 32.2. The molecule has 2 N–H and O–H groups in total. The lowest BCUT2D eigenvalue weighted by Gasteiger charge is -2.50. The van der Waals surface area contributed by atoms with Gasteiger partial charge in [-0.15, -0.1) is 0 Å². The van der Waals surface area contributed by atoms with E-state index in [4.69, 9.17) is 14.1 Å². The molecule has 1 fully saturated rings. The fraction of sp³-hybridized carbons (Fsp3) is 0.600. The van der Waals surface area contributed by atoms with Gasteiger partial charge in [-0.25, -0.2) is 0 Å². The third-order valence-electron chi connectivity index (χ3n) is 6.95. The molecule has 5 nitrogen and oxygen atoms in total. The molecule has 0 amide bonds. The predicted molar refractivity (Wildman–Crippen MR) is 100 cm³/mol. The summed E-state index contributed by atoms with van der Waals surface area (Å²) in [4.78, 5) is 0. The van der Waals surface area contributed by atoms with Crippen molar-refractivity contribution in [1.29, 1.82) is 0 Å². The number of nitrogens with two attached hydrogens (primary N) is 1. The highest BCUT2D eigenvalue weighted by molar-refractivity contribution is 7.84. The number of aryl methyl sites for hydroxylation is 1. The molecule has 0 aromatic heterocycles. The van der Waals surface area contributed by atoms with E-state index < -0.39 is 10.3 Å². The molecule has 1 aromatic carbocycles. The molecule has 6 heteroatoms. The van der Waals surface area contributed by atoms with E-state index in [-0.39, 0.29) is 5.41 Å². The van der Waals surface area contributed by atoms with E-state index in [9.17, 15) is 8.42 Å². The standard InChI is InChI=1S/C20H27NO4S/c1-20-10-9-17-16-7-5-15(25-26(21,22)23)11-13(16)3-6-18(17)19(20)8-4-14(20)12-24-2/h4-5,7,11,17-19H,3,6,8-10,12H2,1-2H3,(H2,21,22,23)/t17?,18?,19?,20-/m1/s1. The van der Waals surface area contributed by atoms with Crippen LogP contribution in [0.3, 0.4) is 0 Å².